The number of allylic oxidation sites excluding steroid dienone is 6. The maximum atomic E-state index is 13.8. The second-order valence-electron chi connectivity index (χ2n) is 9.92. The van der Waals surface area contributed by atoms with Crippen LogP contribution >= 0.6 is 27.5 Å². The zero-order chi connectivity index (χ0) is 26.2. The van der Waals surface area contributed by atoms with Crippen molar-refractivity contribution in [2.24, 2.45) is 17.8 Å². The van der Waals surface area contributed by atoms with Crippen molar-refractivity contribution in [1.29, 1.82) is 0 Å². The number of hydrogen-bond acceptors (Lipinski definition) is 5. The molecule has 0 bridgehead atoms. The van der Waals surface area contributed by atoms with Gasteiger partial charge >= 0.3 is 0 Å². The summed E-state index contributed by atoms with van der Waals surface area (Å²) in [5.41, 5.74) is 2.78. The average molecular weight is 579 g/mol. The smallest absolute Gasteiger partial charge is 0.238 e. The molecule has 4 unspecified atom stereocenters. The molecule has 6 rings (SSSR count). The highest BCUT2D eigenvalue weighted by Gasteiger charge is 2.56. The van der Waals surface area contributed by atoms with Gasteiger partial charge < -0.3 is 5.11 Å². The maximum absolute atomic E-state index is 13.8. The molecule has 0 spiro atoms. The van der Waals surface area contributed by atoms with Gasteiger partial charge in [0.2, 0.25) is 11.8 Å². The van der Waals surface area contributed by atoms with Crippen molar-refractivity contribution in [2.45, 2.75) is 25.7 Å². The topological polar surface area (TPSA) is 91.8 Å². The Hall–Kier alpha value is -3.29. The van der Waals surface area contributed by atoms with Gasteiger partial charge in [-0.25, -0.2) is 0 Å². The van der Waals surface area contributed by atoms with Crippen molar-refractivity contribution in [1.82, 2.24) is 0 Å². The number of anilines is 1. The number of rotatable bonds is 2. The molecule has 2 aromatic rings. The summed E-state index contributed by atoms with van der Waals surface area (Å²) in [4.78, 5) is 55.1. The van der Waals surface area contributed by atoms with Crippen molar-refractivity contribution < 1.29 is 24.3 Å². The van der Waals surface area contributed by atoms with Crippen LogP contribution in [0.25, 0.3) is 0 Å². The lowest BCUT2D eigenvalue weighted by molar-refractivity contribution is -0.123. The molecule has 1 aliphatic heterocycles. The third-order valence-corrected chi connectivity index (χ3v) is 8.70. The van der Waals surface area contributed by atoms with Gasteiger partial charge in [-0.2, -0.15) is 0 Å². The summed E-state index contributed by atoms with van der Waals surface area (Å²) in [7, 11) is 0. The third-order valence-electron chi connectivity index (χ3n) is 7.95. The van der Waals surface area contributed by atoms with Crippen LogP contribution in [0.2, 0.25) is 5.02 Å². The predicted octanol–water partition coefficient (Wildman–Crippen LogP) is 5.44. The molecule has 4 aliphatic rings. The molecular formula is C29H21BrClNO5. The first kappa shape index (κ1) is 24.1. The largest absolute Gasteiger partial charge is 0.508 e. The summed E-state index contributed by atoms with van der Waals surface area (Å²) in [6.07, 6.45) is 3.80. The second kappa shape index (κ2) is 8.64. The fourth-order valence-corrected chi connectivity index (χ4v) is 6.82. The molecule has 2 amide bonds. The number of halogens is 2. The lowest BCUT2D eigenvalue weighted by atomic mass is 9.59. The number of carbonyl (C=O) groups excluding carboxylic acids is 4. The van der Waals surface area contributed by atoms with Crippen LogP contribution in [0.4, 0.5) is 5.69 Å². The van der Waals surface area contributed by atoms with E-state index in [2.05, 4.69) is 15.9 Å². The maximum Gasteiger partial charge on any atom is 0.238 e. The summed E-state index contributed by atoms with van der Waals surface area (Å²) in [5.74, 6) is -3.51. The molecule has 4 atom stereocenters. The Bertz CT molecular complexity index is 1520. The average Bonchev–Trinajstić information content (AvgIpc) is 3.13. The van der Waals surface area contributed by atoms with Crippen molar-refractivity contribution in [3.05, 3.63) is 92.0 Å². The number of imide groups is 1. The number of fused-ring (bicyclic) bond motifs is 3. The number of Topliss-reactive ketones (excluding diaryl/α,β-unsaturated/α-hetero) is 1. The van der Waals surface area contributed by atoms with Gasteiger partial charge in [0.25, 0.3) is 0 Å². The van der Waals surface area contributed by atoms with Crippen molar-refractivity contribution >= 4 is 56.6 Å². The quantitative estimate of drug-likeness (QED) is 0.291. The van der Waals surface area contributed by atoms with E-state index in [-0.39, 0.29) is 35.6 Å². The van der Waals surface area contributed by atoms with Gasteiger partial charge in [0.1, 0.15) is 5.75 Å². The first-order valence-corrected chi connectivity index (χ1v) is 13.2. The van der Waals surface area contributed by atoms with E-state index in [1.165, 1.54) is 11.0 Å². The zero-order valence-electron chi connectivity index (χ0n) is 19.7. The van der Waals surface area contributed by atoms with Crippen LogP contribution in [0, 0.1) is 17.8 Å². The highest BCUT2D eigenvalue weighted by atomic mass is 79.9. The van der Waals surface area contributed by atoms with Crippen LogP contribution < -0.4 is 4.90 Å². The fraction of sp³-hybridized carbons (Fsp3) is 0.241. The highest BCUT2D eigenvalue weighted by molar-refractivity contribution is 9.10. The Morgan fingerprint density at radius 1 is 1.00 bits per heavy atom. The molecular weight excluding hydrogens is 558 g/mol. The number of phenols is 1. The Morgan fingerprint density at radius 3 is 2.46 bits per heavy atom. The van der Waals surface area contributed by atoms with Gasteiger partial charge in [-0.05, 0) is 74.2 Å². The van der Waals surface area contributed by atoms with Crippen molar-refractivity contribution in [3.8, 4) is 5.75 Å². The van der Waals surface area contributed by atoms with Crippen LogP contribution in [0.5, 0.6) is 5.75 Å². The van der Waals surface area contributed by atoms with E-state index in [4.69, 9.17) is 11.6 Å². The number of ketones is 2. The molecule has 3 aliphatic carbocycles. The van der Waals surface area contributed by atoms with Crippen LogP contribution in [-0.2, 0) is 19.2 Å². The van der Waals surface area contributed by atoms with Crippen molar-refractivity contribution in [2.75, 3.05) is 4.90 Å². The minimum atomic E-state index is -0.695. The van der Waals surface area contributed by atoms with E-state index in [0.717, 1.165) is 5.57 Å². The van der Waals surface area contributed by atoms with Crippen LogP contribution in [0.3, 0.4) is 0 Å². The number of carbonyl (C=O) groups is 4. The molecule has 37 heavy (non-hydrogen) atoms. The standard InChI is InChI=1S/C29H21BrClNO5/c1-13-10-23(34)21-12-19-17(24(26(21)27(13)35)20-11-14(30)2-9-22(20)33)7-8-18-25(19)29(37)32(28(18)36)16-5-3-15(31)4-6-16/h2-7,9-11,18-19,24-25,33H,8,12H2,1H3. The summed E-state index contributed by atoms with van der Waals surface area (Å²) in [5, 5.41) is 11.4. The molecule has 1 heterocycles. The summed E-state index contributed by atoms with van der Waals surface area (Å²) in [6, 6.07) is 11.5. The number of nitrogens with zero attached hydrogens (tertiary/aromatic N) is 1. The fourth-order valence-electron chi connectivity index (χ4n) is 6.32. The number of benzene rings is 2. The van der Waals surface area contributed by atoms with Gasteiger partial charge in [-0.3, -0.25) is 24.1 Å². The van der Waals surface area contributed by atoms with Gasteiger partial charge in [-0.1, -0.05) is 39.2 Å². The summed E-state index contributed by atoms with van der Waals surface area (Å²) >= 11 is 9.47. The minimum absolute atomic E-state index is 0.00667. The van der Waals surface area contributed by atoms with E-state index >= 15 is 0 Å². The molecule has 1 N–H and O–H groups in total. The van der Waals surface area contributed by atoms with Crippen LogP contribution in [0.1, 0.15) is 31.2 Å². The molecule has 1 saturated heterocycles. The van der Waals surface area contributed by atoms with Gasteiger partial charge in [0.15, 0.2) is 11.6 Å². The second-order valence-corrected chi connectivity index (χ2v) is 11.3. The van der Waals surface area contributed by atoms with Crippen LogP contribution in [0.15, 0.2) is 81.4 Å². The lowest BCUT2D eigenvalue weighted by Gasteiger charge is -2.42. The van der Waals surface area contributed by atoms with Gasteiger partial charge in [-0.15, -0.1) is 0 Å². The van der Waals surface area contributed by atoms with E-state index in [0.29, 0.717) is 43.9 Å². The molecule has 1 fully saturated rings. The monoisotopic (exact) mass is 577 g/mol. The number of hydrogen-bond donors (Lipinski definition) is 1. The van der Waals surface area contributed by atoms with Gasteiger partial charge in [0, 0.05) is 37.7 Å². The van der Waals surface area contributed by atoms with Gasteiger partial charge in [0.05, 0.1) is 17.5 Å². The van der Waals surface area contributed by atoms with E-state index in [1.54, 1.807) is 49.4 Å². The Kier molecular flexibility index (Phi) is 5.62. The molecule has 6 nitrogen and oxygen atoms in total. The normalized spacial score (nSPS) is 27.1. The molecule has 0 aromatic heterocycles. The molecule has 0 radical (unpaired) electrons. The first-order chi connectivity index (χ1) is 17.7. The molecule has 8 heteroatoms. The van der Waals surface area contributed by atoms with E-state index in [9.17, 15) is 24.3 Å². The summed E-state index contributed by atoms with van der Waals surface area (Å²) < 4.78 is 0.710. The van der Waals surface area contributed by atoms with Crippen LogP contribution in [-0.4, -0.2) is 28.5 Å². The SMILES string of the molecule is CC1=CC(=O)C2=C(C1=O)C(c1cc(Br)ccc1O)C1=CCC3C(=O)N(c4ccc(Cl)cc4)C(=O)C3C1C2. The van der Waals surface area contributed by atoms with E-state index < -0.39 is 23.7 Å². The molecule has 186 valence electrons. The summed E-state index contributed by atoms with van der Waals surface area (Å²) in [6.45, 7) is 1.61. The predicted molar refractivity (Wildman–Crippen MR) is 141 cm³/mol. The Morgan fingerprint density at radius 2 is 1.73 bits per heavy atom. The Labute approximate surface area is 226 Å². The first-order valence-electron chi connectivity index (χ1n) is 12.0. The molecule has 2 aromatic carbocycles. The Balaban J connectivity index is 1.50. The van der Waals surface area contributed by atoms with E-state index in [1.807, 2.05) is 6.08 Å². The lowest BCUT2D eigenvalue weighted by Crippen LogP contribution is -2.39. The van der Waals surface area contributed by atoms with Crippen molar-refractivity contribution in [3.63, 3.8) is 0 Å². The number of phenolic OH excluding ortho intramolecular Hbond substituents is 1. The number of amides is 2. The zero-order valence-corrected chi connectivity index (χ0v) is 22.0. The third kappa shape index (κ3) is 3.59. The highest BCUT2D eigenvalue weighted by Crippen LogP contribution is 2.56. The number of aromatic hydroxyl groups is 1. The minimum Gasteiger partial charge on any atom is -0.508 e. The molecule has 0 saturated carbocycles.